The molecule has 0 bridgehead atoms. The van der Waals surface area contributed by atoms with E-state index >= 15 is 0 Å². The Bertz CT molecular complexity index is 1100. The molecule has 0 aliphatic heterocycles. The normalized spacial score (nSPS) is 16.7. The summed E-state index contributed by atoms with van der Waals surface area (Å²) in [5.74, 6) is -1.16. The van der Waals surface area contributed by atoms with E-state index in [4.69, 9.17) is 0 Å². The van der Waals surface area contributed by atoms with E-state index < -0.39 is 22.2 Å². The average molecular weight is 437 g/mol. The van der Waals surface area contributed by atoms with E-state index in [1.165, 1.54) is 29.5 Å². The minimum absolute atomic E-state index is 0.0288. The van der Waals surface area contributed by atoms with Crippen molar-refractivity contribution < 1.29 is 22.7 Å². The van der Waals surface area contributed by atoms with E-state index in [2.05, 4.69) is 9.71 Å². The van der Waals surface area contributed by atoms with Gasteiger partial charge in [0, 0.05) is 30.3 Å². The first-order chi connectivity index (χ1) is 13.7. The molecule has 6 nitrogen and oxygen atoms in total. The molecule has 1 aliphatic carbocycles. The number of carboxylic acids is 1. The largest absolute Gasteiger partial charge is 0.478 e. The number of nitrogens with one attached hydrogen (secondary N) is 1. The van der Waals surface area contributed by atoms with Gasteiger partial charge in [0.1, 0.15) is 11.2 Å². The molecule has 0 amide bonds. The van der Waals surface area contributed by atoms with E-state index in [-0.39, 0.29) is 17.0 Å². The zero-order valence-electron chi connectivity index (χ0n) is 16.0. The summed E-state index contributed by atoms with van der Waals surface area (Å²) in [5, 5.41) is 11.9. The van der Waals surface area contributed by atoms with Gasteiger partial charge in [-0.15, -0.1) is 11.3 Å². The SMILES string of the molecule is Cc1cc(S(=O)(=O)NCCc2csc(C3=CCC(F)C=C3)n2)cc(C(=O)O)c1C. The summed E-state index contributed by atoms with van der Waals surface area (Å²) < 4.78 is 40.8. The summed E-state index contributed by atoms with van der Waals surface area (Å²) in [6.07, 6.45) is 4.76. The van der Waals surface area contributed by atoms with Crippen molar-refractivity contribution in [3.8, 4) is 0 Å². The van der Waals surface area contributed by atoms with E-state index in [1.54, 1.807) is 26.0 Å². The molecule has 1 heterocycles. The first-order valence-electron chi connectivity index (χ1n) is 8.99. The lowest BCUT2D eigenvalue weighted by Gasteiger charge is -2.11. The number of carbonyl (C=O) groups is 1. The third kappa shape index (κ3) is 4.98. The highest BCUT2D eigenvalue weighted by atomic mass is 32.2. The predicted octanol–water partition coefficient (Wildman–Crippen LogP) is 3.66. The van der Waals surface area contributed by atoms with Crippen LogP contribution in [0.25, 0.3) is 5.57 Å². The van der Waals surface area contributed by atoms with Gasteiger partial charge in [-0.25, -0.2) is 27.3 Å². The van der Waals surface area contributed by atoms with Crippen molar-refractivity contribution in [1.29, 1.82) is 0 Å². The Hall–Kier alpha value is -2.36. The van der Waals surface area contributed by atoms with Crippen LogP contribution in [0.15, 0.2) is 40.6 Å². The highest BCUT2D eigenvalue weighted by Gasteiger charge is 2.19. The molecule has 0 radical (unpaired) electrons. The Morgan fingerprint density at radius 3 is 2.79 bits per heavy atom. The molecule has 0 spiro atoms. The van der Waals surface area contributed by atoms with E-state index in [1.807, 2.05) is 5.38 Å². The van der Waals surface area contributed by atoms with Gasteiger partial charge in [0.25, 0.3) is 0 Å². The van der Waals surface area contributed by atoms with Crippen molar-refractivity contribution in [1.82, 2.24) is 9.71 Å². The molecule has 1 atom stereocenters. The van der Waals surface area contributed by atoms with Crippen LogP contribution in [0.1, 0.15) is 38.6 Å². The maximum absolute atomic E-state index is 13.2. The molecule has 154 valence electrons. The lowest BCUT2D eigenvalue weighted by atomic mass is 10.0. The van der Waals surface area contributed by atoms with Crippen LogP contribution in [0.4, 0.5) is 4.39 Å². The first-order valence-corrected chi connectivity index (χ1v) is 11.3. The zero-order chi connectivity index (χ0) is 21.2. The molecule has 1 aromatic heterocycles. The molecule has 1 unspecified atom stereocenters. The number of aromatic carboxylic acids is 1. The number of allylic oxidation sites excluding steroid dienone is 4. The van der Waals surface area contributed by atoms with Crippen LogP contribution in [0.2, 0.25) is 0 Å². The van der Waals surface area contributed by atoms with E-state index in [0.29, 0.717) is 24.0 Å². The Morgan fingerprint density at radius 2 is 2.14 bits per heavy atom. The number of benzene rings is 1. The quantitative estimate of drug-likeness (QED) is 0.691. The fourth-order valence-electron chi connectivity index (χ4n) is 2.91. The molecule has 29 heavy (non-hydrogen) atoms. The Kier molecular flexibility index (Phi) is 6.30. The standard InChI is InChI=1S/C20H21FN2O4S2/c1-12-9-17(10-18(13(12)2)20(24)25)29(26,27)22-8-7-16-11-28-19(23-16)14-3-5-15(21)6-4-14/h3-5,9-11,15,22H,6-8H2,1-2H3,(H,24,25). The van der Waals surface area contributed by atoms with Crippen molar-refractivity contribution in [2.24, 2.45) is 0 Å². The number of hydrogen-bond acceptors (Lipinski definition) is 5. The van der Waals surface area contributed by atoms with Gasteiger partial charge in [0.15, 0.2) is 0 Å². The average Bonchev–Trinajstić information content (AvgIpc) is 3.12. The fraction of sp³-hybridized carbons (Fsp3) is 0.300. The number of hydrogen-bond donors (Lipinski definition) is 2. The van der Waals surface area contributed by atoms with Crippen LogP contribution in [0, 0.1) is 13.8 Å². The summed E-state index contributed by atoms with van der Waals surface area (Å²) in [6, 6.07) is 2.64. The lowest BCUT2D eigenvalue weighted by Crippen LogP contribution is -2.26. The second-order valence-corrected chi connectivity index (χ2v) is 9.40. The first kappa shape index (κ1) is 21.4. The van der Waals surface area contributed by atoms with Crippen LogP contribution >= 0.6 is 11.3 Å². The number of aryl methyl sites for hydroxylation is 1. The van der Waals surface area contributed by atoms with E-state index in [0.717, 1.165) is 16.3 Å². The number of aromatic nitrogens is 1. The lowest BCUT2D eigenvalue weighted by molar-refractivity contribution is 0.0695. The second kappa shape index (κ2) is 8.56. The monoisotopic (exact) mass is 436 g/mol. The van der Waals surface area contributed by atoms with Crippen LogP contribution in [-0.2, 0) is 16.4 Å². The molecular weight excluding hydrogens is 415 g/mol. The van der Waals surface area contributed by atoms with Crippen molar-refractivity contribution in [2.75, 3.05) is 6.54 Å². The number of rotatable bonds is 7. The van der Waals surface area contributed by atoms with Gasteiger partial charge >= 0.3 is 5.97 Å². The Balaban J connectivity index is 1.66. The molecule has 2 N–H and O–H groups in total. The van der Waals surface area contributed by atoms with Gasteiger partial charge in [0.2, 0.25) is 10.0 Å². The summed E-state index contributed by atoms with van der Waals surface area (Å²) in [7, 11) is -3.85. The number of thiazole rings is 1. The topological polar surface area (TPSA) is 96.4 Å². The summed E-state index contributed by atoms with van der Waals surface area (Å²) in [5.41, 5.74) is 2.71. The number of nitrogens with zero attached hydrogens (tertiary/aromatic N) is 1. The summed E-state index contributed by atoms with van der Waals surface area (Å²) in [4.78, 5) is 15.8. The number of carboxylic acid groups (broad SMARTS) is 1. The van der Waals surface area contributed by atoms with Gasteiger partial charge < -0.3 is 5.11 Å². The maximum Gasteiger partial charge on any atom is 0.336 e. The van der Waals surface area contributed by atoms with Crippen molar-refractivity contribution in [3.63, 3.8) is 0 Å². The maximum atomic E-state index is 13.2. The van der Waals surface area contributed by atoms with Crippen LogP contribution in [-0.4, -0.2) is 37.2 Å². The second-order valence-electron chi connectivity index (χ2n) is 6.78. The Morgan fingerprint density at radius 1 is 1.38 bits per heavy atom. The molecule has 0 fully saturated rings. The highest BCUT2D eigenvalue weighted by Crippen LogP contribution is 2.26. The highest BCUT2D eigenvalue weighted by molar-refractivity contribution is 7.89. The molecule has 0 saturated carbocycles. The van der Waals surface area contributed by atoms with Gasteiger partial charge in [-0.2, -0.15) is 0 Å². The van der Waals surface area contributed by atoms with Crippen LogP contribution in [0.5, 0.6) is 0 Å². The number of halogens is 1. The molecule has 2 aromatic rings. The van der Waals surface area contributed by atoms with Crippen LogP contribution in [0.3, 0.4) is 0 Å². The molecule has 3 rings (SSSR count). The fourth-order valence-corrected chi connectivity index (χ4v) is 4.93. The van der Waals surface area contributed by atoms with Gasteiger partial charge in [-0.3, -0.25) is 0 Å². The Labute approximate surface area is 172 Å². The van der Waals surface area contributed by atoms with E-state index in [9.17, 15) is 22.7 Å². The molecule has 1 aliphatic rings. The summed E-state index contributed by atoms with van der Waals surface area (Å²) in [6.45, 7) is 3.45. The van der Waals surface area contributed by atoms with Crippen molar-refractivity contribution >= 4 is 32.9 Å². The van der Waals surface area contributed by atoms with Crippen LogP contribution < -0.4 is 4.72 Å². The minimum atomic E-state index is -3.85. The minimum Gasteiger partial charge on any atom is -0.478 e. The zero-order valence-corrected chi connectivity index (χ0v) is 17.6. The van der Waals surface area contributed by atoms with Gasteiger partial charge in [-0.05, 0) is 43.2 Å². The molecule has 0 saturated heterocycles. The predicted molar refractivity (Wildman–Crippen MR) is 111 cm³/mol. The van der Waals surface area contributed by atoms with Gasteiger partial charge in [-0.1, -0.05) is 12.2 Å². The third-order valence-corrected chi connectivity index (χ3v) is 7.08. The van der Waals surface area contributed by atoms with Gasteiger partial charge in [0.05, 0.1) is 16.2 Å². The number of alkyl halides is 1. The van der Waals surface area contributed by atoms with Crippen molar-refractivity contribution in [2.45, 2.75) is 37.8 Å². The summed E-state index contributed by atoms with van der Waals surface area (Å²) >= 11 is 1.42. The number of sulfonamides is 1. The molecular formula is C20H21FN2O4S2. The van der Waals surface area contributed by atoms with Crippen molar-refractivity contribution in [3.05, 3.63) is 63.1 Å². The third-order valence-electron chi connectivity index (χ3n) is 4.70. The smallest absolute Gasteiger partial charge is 0.336 e. The molecule has 9 heteroatoms. The molecule has 1 aromatic carbocycles.